The van der Waals surface area contributed by atoms with E-state index in [2.05, 4.69) is 9.97 Å². The summed E-state index contributed by atoms with van der Waals surface area (Å²) >= 11 is 0. The molecule has 2 N–H and O–H groups in total. The van der Waals surface area contributed by atoms with Crippen LogP contribution in [0.3, 0.4) is 0 Å². The van der Waals surface area contributed by atoms with Crippen LogP contribution in [0.2, 0.25) is 0 Å². The second-order valence-electron chi connectivity index (χ2n) is 8.15. The molecule has 2 fully saturated rings. The van der Waals surface area contributed by atoms with Crippen LogP contribution in [0.15, 0.2) is 36.5 Å². The minimum atomic E-state index is -5.08. The predicted octanol–water partition coefficient (Wildman–Crippen LogP) is 3.15. The molecule has 0 radical (unpaired) electrons. The average molecular weight is 466 g/mol. The quantitative estimate of drug-likeness (QED) is 0.723. The molecule has 2 aliphatic rings. The number of alkyl halides is 3. The van der Waals surface area contributed by atoms with Crippen LogP contribution in [0.25, 0.3) is 0 Å². The first-order chi connectivity index (χ1) is 15.5. The van der Waals surface area contributed by atoms with E-state index in [1.807, 2.05) is 47.1 Å². The zero-order valence-corrected chi connectivity index (χ0v) is 18.1. The zero-order chi connectivity index (χ0) is 24.2. The molecule has 178 valence electrons. The van der Waals surface area contributed by atoms with E-state index in [0.717, 1.165) is 30.7 Å². The molecule has 0 aromatic carbocycles. The van der Waals surface area contributed by atoms with Crippen LogP contribution in [-0.2, 0) is 16.1 Å². The van der Waals surface area contributed by atoms with Crippen LogP contribution in [-0.4, -0.2) is 67.5 Å². The normalized spacial score (nSPS) is 17.6. The number of aliphatic carboxylic acids is 1. The number of nitrogens with zero attached hydrogens (tertiary/aromatic N) is 3. The summed E-state index contributed by atoms with van der Waals surface area (Å²) in [6.45, 7) is 3.90. The number of nitrogens with one attached hydrogen (secondary N) is 1. The highest BCUT2D eigenvalue weighted by Gasteiger charge is 2.47. The number of hydrogen-bond acceptors (Lipinski definition) is 4. The predicted molar refractivity (Wildman–Crippen MR) is 111 cm³/mol. The third-order valence-electron chi connectivity index (χ3n) is 6.00. The summed E-state index contributed by atoms with van der Waals surface area (Å²) < 4.78 is 31.7. The van der Waals surface area contributed by atoms with Crippen molar-refractivity contribution in [2.75, 3.05) is 13.1 Å². The number of halogens is 3. The highest BCUT2D eigenvalue weighted by molar-refractivity contribution is 5.92. The van der Waals surface area contributed by atoms with Crippen molar-refractivity contribution in [2.24, 2.45) is 0 Å². The number of piperidine rings is 1. The molecule has 2 aromatic heterocycles. The Bertz CT molecular complexity index is 999. The Balaban J connectivity index is 0.000000383. The monoisotopic (exact) mass is 466 g/mol. The van der Waals surface area contributed by atoms with Crippen LogP contribution in [0, 0.1) is 6.92 Å². The molecule has 2 aromatic rings. The smallest absolute Gasteiger partial charge is 0.475 e. The summed E-state index contributed by atoms with van der Waals surface area (Å²) in [5, 5.41) is 7.12. The summed E-state index contributed by atoms with van der Waals surface area (Å²) in [4.78, 5) is 45.4. The molecule has 0 atom stereocenters. The molecule has 11 heteroatoms. The van der Waals surface area contributed by atoms with Crippen LogP contribution >= 0.6 is 0 Å². The summed E-state index contributed by atoms with van der Waals surface area (Å²) in [6, 6.07) is 9.58. The van der Waals surface area contributed by atoms with E-state index >= 15 is 0 Å². The largest absolute Gasteiger partial charge is 0.490 e. The van der Waals surface area contributed by atoms with Gasteiger partial charge in [0.2, 0.25) is 5.91 Å². The Morgan fingerprint density at radius 1 is 1.15 bits per heavy atom. The van der Waals surface area contributed by atoms with Gasteiger partial charge in [-0.15, -0.1) is 0 Å². The third-order valence-corrected chi connectivity index (χ3v) is 6.00. The SMILES string of the molecule is Cc1cccc(CN2C(=O)CCC23CCN(C(=O)c2ccc[nH]2)CC3)n1.O=C(O)C(F)(F)F. The molecule has 8 nitrogen and oxygen atoms in total. The molecule has 2 saturated heterocycles. The minimum absolute atomic E-state index is 0.0427. The van der Waals surface area contributed by atoms with Gasteiger partial charge in [0.05, 0.1) is 12.2 Å². The van der Waals surface area contributed by atoms with Crippen molar-refractivity contribution in [1.82, 2.24) is 19.8 Å². The number of aryl methyl sites for hydroxylation is 1. The van der Waals surface area contributed by atoms with Gasteiger partial charge in [-0.3, -0.25) is 14.6 Å². The molecular weight excluding hydrogens is 441 g/mol. The Labute approximate surface area is 188 Å². The fourth-order valence-electron chi connectivity index (χ4n) is 4.26. The lowest BCUT2D eigenvalue weighted by Crippen LogP contribution is -2.54. The minimum Gasteiger partial charge on any atom is -0.475 e. The fraction of sp³-hybridized carbons (Fsp3) is 0.455. The first-order valence-corrected chi connectivity index (χ1v) is 10.5. The van der Waals surface area contributed by atoms with Crippen molar-refractivity contribution in [3.8, 4) is 0 Å². The maximum atomic E-state index is 12.6. The molecule has 4 heterocycles. The number of carboxylic acid groups (broad SMARTS) is 1. The Morgan fingerprint density at radius 3 is 2.36 bits per heavy atom. The van der Waals surface area contributed by atoms with Crippen molar-refractivity contribution in [3.63, 3.8) is 0 Å². The van der Waals surface area contributed by atoms with E-state index in [0.29, 0.717) is 31.7 Å². The number of aromatic amines is 1. The van der Waals surface area contributed by atoms with Gasteiger partial charge in [0.1, 0.15) is 5.69 Å². The van der Waals surface area contributed by atoms with Crippen molar-refractivity contribution in [1.29, 1.82) is 0 Å². The number of pyridine rings is 1. The van der Waals surface area contributed by atoms with Gasteiger partial charge in [-0.05, 0) is 50.5 Å². The molecule has 1 spiro atoms. The second-order valence-corrected chi connectivity index (χ2v) is 8.15. The van der Waals surface area contributed by atoms with E-state index in [4.69, 9.17) is 9.90 Å². The topological polar surface area (TPSA) is 107 Å². The van der Waals surface area contributed by atoms with E-state index in [-0.39, 0.29) is 17.4 Å². The van der Waals surface area contributed by atoms with Gasteiger partial charge in [0, 0.05) is 36.9 Å². The highest BCUT2D eigenvalue weighted by atomic mass is 19.4. The number of amides is 2. The molecule has 33 heavy (non-hydrogen) atoms. The molecule has 0 bridgehead atoms. The number of aromatic nitrogens is 2. The number of carbonyl (C=O) groups is 3. The van der Waals surface area contributed by atoms with Gasteiger partial charge in [0.15, 0.2) is 0 Å². The standard InChI is InChI=1S/C20H24N4O2.C2HF3O2/c1-15-4-2-5-16(22-15)14-24-18(25)7-8-20(24)9-12-23(13-10-20)19(26)17-6-3-11-21-17;3-2(4,5)1(6)7/h2-6,11,21H,7-10,12-14H2,1H3;(H,6,7). The first kappa shape index (κ1) is 24.3. The van der Waals surface area contributed by atoms with Gasteiger partial charge in [-0.1, -0.05) is 6.07 Å². The molecule has 0 unspecified atom stereocenters. The number of H-pyrrole nitrogens is 1. The first-order valence-electron chi connectivity index (χ1n) is 10.5. The average Bonchev–Trinajstić information content (AvgIpc) is 3.39. The summed E-state index contributed by atoms with van der Waals surface area (Å²) in [5.41, 5.74) is 2.40. The molecule has 2 aliphatic heterocycles. The maximum absolute atomic E-state index is 12.6. The summed E-state index contributed by atoms with van der Waals surface area (Å²) in [7, 11) is 0. The Kier molecular flexibility index (Phi) is 7.09. The van der Waals surface area contributed by atoms with Gasteiger partial charge in [-0.25, -0.2) is 4.79 Å². The molecule has 0 aliphatic carbocycles. The molecular formula is C22H25F3N4O4. The van der Waals surface area contributed by atoms with Crippen molar-refractivity contribution >= 4 is 17.8 Å². The van der Waals surface area contributed by atoms with Crippen molar-refractivity contribution < 1.29 is 32.7 Å². The van der Waals surface area contributed by atoms with Crippen LogP contribution in [0.4, 0.5) is 13.2 Å². The van der Waals surface area contributed by atoms with E-state index in [1.54, 1.807) is 6.20 Å². The molecule has 2 amide bonds. The summed E-state index contributed by atoms with van der Waals surface area (Å²) in [5.74, 6) is -2.51. The second kappa shape index (κ2) is 9.63. The van der Waals surface area contributed by atoms with Crippen LogP contribution in [0.5, 0.6) is 0 Å². The summed E-state index contributed by atoms with van der Waals surface area (Å²) in [6.07, 6.45) is -0.183. The van der Waals surface area contributed by atoms with Crippen molar-refractivity contribution in [2.45, 2.75) is 50.9 Å². The lowest BCUT2D eigenvalue weighted by atomic mass is 9.84. The third kappa shape index (κ3) is 5.71. The number of likely N-dealkylation sites (tertiary alicyclic amines) is 2. The highest BCUT2D eigenvalue weighted by Crippen LogP contribution is 2.40. The lowest BCUT2D eigenvalue weighted by Gasteiger charge is -2.44. The van der Waals surface area contributed by atoms with E-state index in [1.165, 1.54) is 0 Å². The van der Waals surface area contributed by atoms with Gasteiger partial charge < -0.3 is 19.9 Å². The van der Waals surface area contributed by atoms with Gasteiger partial charge >= 0.3 is 12.1 Å². The van der Waals surface area contributed by atoms with E-state index < -0.39 is 12.1 Å². The molecule has 4 rings (SSSR count). The van der Waals surface area contributed by atoms with Crippen molar-refractivity contribution in [3.05, 3.63) is 53.6 Å². The Morgan fingerprint density at radius 2 is 1.82 bits per heavy atom. The number of carbonyl (C=O) groups excluding carboxylic acids is 2. The number of rotatable bonds is 3. The maximum Gasteiger partial charge on any atom is 0.490 e. The lowest BCUT2D eigenvalue weighted by molar-refractivity contribution is -0.192. The van der Waals surface area contributed by atoms with Gasteiger partial charge in [-0.2, -0.15) is 13.2 Å². The number of carboxylic acids is 1. The van der Waals surface area contributed by atoms with E-state index in [9.17, 15) is 22.8 Å². The fourth-order valence-corrected chi connectivity index (χ4v) is 4.26. The van der Waals surface area contributed by atoms with Gasteiger partial charge in [0.25, 0.3) is 5.91 Å². The van der Waals surface area contributed by atoms with Crippen LogP contribution < -0.4 is 0 Å². The zero-order valence-electron chi connectivity index (χ0n) is 18.1. The molecule has 0 saturated carbocycles. The number of hydrogen-bond donors (Lipinski definition) is 2. The Hall–Kier alpha value is -3.37. The van der Waals surface area contributed by atoms with Crippen LogP contribution in [0.1, 0.15) is 47.6 Å².